The number of carbonyl (C=O) groups is 1. The molecule has 4 rings (SSSR count). The summed E-state index contributed by atoms with van der Waals surface area (Å²) in [4.78, 5) is 16.2. The summed E-state index contributed by atoms with van der Waals surface area (Å²) in [5, 5.41) is 7.51. The zero-order valence-corrected chi connectivity index (χ0v) is 15.7. The van der Waals surface area contributed by atoms with Crippen molar-refractivity contribution in [3.63, 3.8) is 0 Å². The van der Waals surface area contributed by atoms with E-state index in [1.54, 1.807) is 11.3 Å². The number of carbonyl (C=O) groups excluding carboxylic acids is 1. The lowest BCUT2D eigenvalue weighted by Gasteiger charge is -2.25. The Morgan fingerprint density at radius 1 is 1.29 bits per heavy atom. The first-order chi connectivity index (χ1) is 11.6. The Balaban J connectivity index is 1.56. The molecule has 2 N–H and O–H groups in total. The molecule has 0 fully saturated rings. The van der Waals surface area contributed by atoms with E-state index in [1.165, 1.54) is 10.4 Å². The highest BCUT2D eigenvalue weighted by Crippen LogP contribution is 2.38. The fraction of sp³-hybridized carbons (Fsp3) is 0.278. The topological polar surface area (TPSA) is 44.4 Å². The van der Waals surface area contributed by atoms with Crippen molar-refractivity contribution in [3.05, 3.63) is 56.4 Å². The molecule has 6 heteroatoms. The van der Waals surface area contributed by atoms with Crippen LogP contribution in [0.1, 0.15) is 26.4 Å². The maximum absolute atomic E-state index is 12.6. The van der Waals surface area contributed by atoms with E-state index in [0.29, 0.717) is 0 Å². The first-order valence-corrected chi connectivity index (χ1v) is 9.55. The van der Waals surface area contributed by atoms with Crippen molar-refractivity contribution in [2.24, 2.45) is 0 Å². The monoisotopic (exact) mass is 403 g/mol. The number of fused-ring (bicyclic) bond motifs is 3. The standard InChI is InChI=1S/C18H18BrN3OS/c1-22-9-8-13-14(10-22)24-18-16(13)17(23)20-15(21-18)7-4-11-2-5-12(19)6-3-11/h2-7,15,21H,8-10H2,1H3,(H,20,23)/b7-4-. The summed E-state index contributed by atoms with van der Waals surface area (Å²) in [7, 11) is 2.12. The highest BCUT2D eigenvalue weighted by molar-refractivity contribution is 9.10. The normalized spacial score (nSPS) is 20.4. The van der Waals surface area contributed by atoms with Crippen LogP contribution in [0.15, 0.2) is 34.8 Å². The lowest BCUT2D eigenvalue weighted by molar-refractivity contribution is 0.0942. The number of rotatable bonds is 2. The minimum Gasteiger partial charge on any atom is -0.353 e. The Morgan fingerprint density at radius 3 is 2.88 bits per heavy atom. The lowest BCUT2D eigenvalue weighted by Crippen LogP contribution is -2.43. The van der Waals surface area contributed by atoms with Crippen LogP contribution in [0.2, 0.25) is 0 Å². The van der Waals surface area contributed by atoms with E-state index in [0.717, 1.165) is 40.1 Å². The number of nitrogens with one attached hydrogen (secondary N) is 2. The lowest BCUT2D eigenvalue weighted by atomic mass is 10.0. The number of halogens is 1. The van der Waals surface area contributed by atoms with Crippen LogP contribution >= 0.6 is 27.3 Å². The Kier molecular flexibility index (Phi) is 4.20. The molecule has 2 aliphatic rings. The number of hydrogen-bond donors (Lipinski definition) is 2. The molecule has 3 heterocycles. The molecular weight excluding hydrogens is 386 g/mol. The zero-order chi connectivity index (χ0) is 16.7. The smallest absolute Gasteiger partial charge is 0.256 e. The molecule has 1 aromatic carbocycles. The maximum Gasteiger partial charge on any atom is 0.256 e. The SMILES string of the molecule is CN1CCc2c(sc3c2C(=O)NC(/C=C\c2ccc(Br)cc2)N3)C1. The van der Waals surface area contributed by atoms with Crippen molar-refractivity contribution < 1.29 is 4.79 Å². The Morgan fingerprint density at radius 2 is 2.08 bits per heavy atom. The molecule has 1 aromatic heterocycles. The molecule has 1 unspecified atom stereocenters. The summed E-state index contributed by atoms with van der Waals surface area (Å²) in [6.45, 7) is 1.94. The molecule has 1 atom stereocenters. The van der Waals surface area contributed by atoms with Gasteiger partial charge in [0.2, 0.25) is 0 Å². The molecule has 2 aliphatic heterocycles. The minimum atomic E-state index is -0.175. The van der Waals surface area contributed by atoms with Crippen LogP contribution in [0.3, 0.4) is 0 Å². The van der Waals surface area contributed by atoms with Crippen molar-refractivity contribution >= 4 is 44.3 Å². The Bertz CT molecular complexity index is 812. The zero-order valence-electron chi connectivity index (χ0n) is 13.3. The van der Waals surface area contributed by atoms with Gasteiger partial charge in [0.05, 0.1) is 5.56 Å². The van der Waals surface area contributed by atoms with Crippen LogP contribution in [-0.4, -0.2) is 30.6 Å². The average Bonchev–Trinajstić information content (AvgIpc) is 2.92. The van der Waals surface area contributed by atoms with Gasteiger partial charge >= 0.3 is 0 Å². The van der Waals surface area contributed by atoms with E-state index in [-0.39, 0.29) is 12.1 Å². The molecule has 24 heavy (non-hydrogen) atoms. The van der Waals surface area contributed by atoms with Gasteiger partial charge in [-0.15, -0.1) is 11.3 Å². The molecule has 0 saturated carbocycles. The summed E-state index contributed by atoms with van der Waals surface area (Å²) in [5.74, 6) is 0.0382. The molecule has 0 saturated heterocycles. The average molecular weight is 404 g/mol. The number of amides is 1. The third-order valence-corrected chi connectivity index (χ3v) is 6.08. The van der Waals surface area contributed by atoms with Crippen molar-refractivity contribution in [3.8, 4) is 0 Å². The van der Waals surface area contributed by atoms with Gasteiger partial charge in [-0.25, -0.2) is 0 Å². The van der Waals surface area contributed by atoms with E-state index in [9.17, 15) is 4.79 Å². The fourth-order valence-electron chi connectivity index (χ4n) is 3.14. The highest BCUT2D eigenvalue weighted by atomic mass is 79.9. The first-order valence-electron chi connectivity index (χ1n) is 7.94. The third-order valence-electron chi connectivity index (χ3n) is 4.40. The van der Waals surface area contributed by atoms with Gasteiger partial charge in [-0.05, 0) is 42.8 Å². The van der Waals surface area contributed by atoms with Gasteiger partial charge in [-0.3, -0.25) is 4.79 Å². The van der Waals surface area contributed by atoms with Crippen molar-refractivity contribution in [2.45, 2.75) is 19.1 Å². The van der Waals surface area contributed by atoms with E-state index in [1.807, 2.05) is 36.4 Å². The molecule has 1 amide bonds. The molecule has 0 bridgehead atoms. The molecule has 4 nitrogen and oxygen atoms in total. The summed E-state index contributed by atoms with van der Waals surface area (Å²) < 4.78 is 1.06. The Hall–Kier alpha value is -1.63. The highest BCUT2D eigenvalue weighted by Gasteiger charge is 2.31. The van der Waals surface area contributed by atoms with Crippen LogP contribution in [0, 0.1) is 0 Å². The second kappa shape index (κ2) is 6.35. The van der Waals surface area contributed by atoms with Gasteiger partial charge < -0.3 is 15.5 Å². The van der Waals surface area contributed by atoms with E-state index >= 15 is 0 Å². The summed E-state index contributed by atoms with van der Waals surface area (Å²) in [5.41, 5.74) is 3.19. The van der Waals surface area contributed by atoms with Crippen LogP contribution in [0.25, 0.3) is 6.08 Å². The fourth-order valence-corrected chi connectivity index (χ4v) is 4.77. The van der Waals surface area contributed by atoms with Crippen molar-refractivity contribution in [1.29, 1.82) is 0 Å². The van der Waals surface area contributed by atoms with Crippen LogP contribution < -0.4 is 10.6 Å². The molecular formula is C18H18BrN3OS. The second-order valence-electron chi connectivity index (χ2n) is 6.20. The van der Waals surface area contributed by atoms with Gasteiger partial charge in [-0.1, -0.05) is 34.1 Å². The van der Waals surface area contributed by atoms with Gasteiger partial charge in [0.15, 0.2) is 0 Å². The predicted octanol–water partition coefficient (Wildman–Crippen LogP) is 3.69. The van der Waals surface area contributed by atoms with Gasteiger partial charge in [-0.2, -0.15) is 0 Å². The number of benzene rings is 1. The number of anilines is 1. The van der Waals surface area contributed by atoms with E-state index in [2.05, 4.69) is 38.5 Å². The number of hydrogen-bond acceptors (Lipinski definition) is 4. The van der Waals surface area contributed by atoms with E-state index < -0.39 is 0 Å². The first kappa shape index (κ1) is 15.9. The molecule has 0 spiro atoms. The Labute approximate surface area is 153 Å². The summed E-state index contributed by atoms with van der Waals surface area (Å²) in [6, 6.07) is 8.09. The van der Waals surface area contributed by atoms with Crippen LogP contribution in [-0.2, 0) is 13.0 Å². The quantitative estimate of drug-likeness (QED) is 0.803. The van der Waals surface area contributed by atoms with Gasteiger partial charge in [0, 0.05) is 22.4 Å². The minimum absolute atomic E-state index is 0.0382. The maximum atomic E-state index is 12.6. The summed E-state index contributed by atoms with van der Waals surface area (Å²) in [6.07, 6.45) is 4.80. The number of thiophene rings is 1. The third kappa shape index (κ3) is 3.01. The van der Waals surface area contributed by atoms with Crippen molar-refractivity contribution in [1.82, 2.24) is 10.2 Å². The molecule has 124 valence electrons. The van der Waals surface area contributed by atoms with Crippen LogP contribution in [0.4, 0.5) is 5.00 Å². The summed E-state index contributed by atoms with van der Waals surface area (Å²) >= 11 is 5.15. The molecule has 0 radical (unpaired) electrons. The van der Waals surface area contributed by atoms with Crippen molar-refractivity contribution in [2.75, 3.05) is 18.9 Å². The predicted molar refractivity (Wildman–Crippen MR) is 102 cm³/mol. The number of likely N-dealkylation sites (N-methyl/N-ethyl adjacent to an activating group) is 1. The molecule has 0 aliphatic carbocycles. The van der Waals surface area contributed by atoms with Crippen LogP contribution in [0.5, 0.6) is 0 Å². The molecule has 2 aromatic rings. The number of nitrogens with zero attached hydrogens (tertiary/aromatic N) is 1. The van der Waals surface area contributed by atoms with Gasteiger partial charge in [0.25, 0.3) is 5.91 Å². The second-order valence-corrected chi connectivity index (χ2v) is 8.22. The van der Waals surface area contributed by atoms with Gasteiger partial charge in [0.1, 0.15) is 11.2 Å². The van der Waals surface area contributed by atoms with E-state index in [4.69, 9.17) is 0 Å². The largest absolute Gasteiger partial charge is 0.353 e.